The molecule has 0 amide bonds. The van der Waals surface area contributed by atoms with Gasteiger partial charge in [0.2, 0.25) is 5.95 Å². The van der Waals surface area contributed by atoms with E-state index < -0.39 is 6.04 Å². The SMILES string of the molecule is CCCCOC(=O)C1=C(C)Nc2ncnn2C1c1ccccc1OCc1ccccc1Cl. The van der Waals surface area contributed by atoms with Gasteiger partial charge in [0.15, 0.2) is 0 Å². The number of benzene rings is 2. The van der Waals surface area contributed by atoms with Crippen molar-refractivity contribution in [1.82, 2.24) is 14.8 Å². The van der Waals surface area contributed by atoms with Crippen LogP contribution in [0.1, 0.15) is 43.9 Å². The smallest absolute Gasteiger partial charge is 0.338 e. The van der Waals surface area contributed by atoms with E-state index in [2.05, 4.69) is 22.3 Å². The van der Waals surface area contributed by atoms with E-state index in [9.17, 15) is 4.79 Å². The summed E-state index contributed by atoms with van der Waals surface area (Å²) < 4.78 is 13.4. The monoisotopic (exact) mass is 452 g/mol. The Morgan fingerprint density at radius 3 is 2.78 bits per heavy atom. The first kappa shape index (κ1) is 21.9. The Bertz CT molecular complexity index is 1140. The highest BCUT2D eigenvalue weighted by Gasteiger charge is 2.36. The summed E-state index contributed by atoms with van der Waals surface area (Å²) in [7, 11) is 0. The lowest BCUT2D eigenvalue weighted by molar-refractivity contribution is -0.139. The van der Waals surface area contributed by atoms with E-state index in [0.29, 0.717) is 41.2 Å². The number of nitrogens with one attached hydrogen (secondary N) is 1. The van der Waals surface area contributed by atoms with Crippen molar-refractivity contribution in [3.05, 3.63) is 82.3 Å². The number of carbonyl (C=O) groups excluding carboxylic acids is 1. The van der Waals surface area contributed by atoms with Crippen molar-refractivity contribution < 1.29 is 14.3 Å². The molecule has 1 atom stereocenters. The highest BCUT2D eigenvalue weighted by molar-refractivity contribution is 6.31. The minimum absolute atomic E-state index is 0.296. The molecule has 1 aliphatic rings. The molecular formula is C24H25ClN4O3. The molecule has 1 N–H and O–H groups in total. The van der Waals surface area contributed by atoms with Crippen molar-refractivity contribution in [3.8, 4) is 5.75 Å². The maximum absolute atomic E-state index is 13.1. The van der Waals surface area contributed by atoms with Gasteiger partial charge in [-0.05, 0) is 25.5 Å². The van der Waals surface area contributed by atoms with Crippen molar-refractivity contribution >= 4 is 23.5 Å². The molecule has 0 saturated heterocycles. The third kappa shape index (κ3) is 4.48. The topological polar surface area (TPSA) is 78.3 Å². The number of nitrogens with zero attached hydrogens (tertiary/aromatic N) is 3. The average molecular weight is 453 g/mol. The predicted molar refractivity (Wildman–Crippen MR) is 123 cm³/mol. The summed E-state index contributed by atoms with van der Waals surface area (Å²) in [6.45, 7) is 4.56. The lowest BCUT2D eigenvalue weighted by atomic mass is 9.95. The third-order valence-corrected chi connectivity index (χ3v) is 5.67. The van der Waals surface area contributed by atoms with Gasteiger partial charge in [-0.2, -0.15) is 10.1 Å². The summed E-state index contributed by atoms with van der Waals surface area (Å²) in [4.78, 5) is 17.4. The molecule has 1 aromatic heterocycles. The maximum Gasteiger partial charge on any atom is 0.338 e. The van der Waals surface area contributed by atoms with Crippen molar-refractivity contribution in [2.24, 2.45) is 0 Å². The predicted octanol–water partition coefficient (Wildman–Crippen LogP) is 5.14. The molecule has 7 nitrogen and oxygen atoms in total. The molecule has 1 unspecified atom stereocenters. The third-order valence-electron chi connectivity index (χ3n) is 5.30. The van der Waals surface area contributed by atoms with Crippen LogP contribution in [0, 0.1) is 0 Å². The largest absolute Gasteiger partial charge is 0.488 e. The van der Waals surface area contributed by atoms with Gasteiger partial charge in [-0.15, -0.1) is 0 Å². The van der Waals surface area contributed by atoms with Gasteiger partial charge >= 0.3 is 5.97 Å². The molecular weight excluding hydrogens is 428 g/mol. The normalized spacial score (nSPS) is 15.2. The fraction of sp³-hybridized carbons (Fsp3) is 0.292. The Labute approximate surface area is 192 Å². The Morgan fingerprint density at radius 2 is 1.97 bits per heavy atom. The zero-order chi connectivity index (χ0) is 22.5. The first-order valence-electron chi connectivity index (χ1n) is 10.6. The van der Waals surface area contributed by atoms with Gasteiger partial charge in [-0.3, -0.25) is 0 Å². The van der Waals surface area contributed by atoms with Gasteiger partial charge in [0.05, 0.1) is 12.2 Å². The highest BCUT2D eigenvalue weighted by atomic mass is 35.5. The maximum atomic E-state index is 13.1. The second-order valence-corrected chi connectivity index (χ2v) is 7.91. The number of ether oxygens (including phenoxy) is 2. The zero-order valence-electron chi connectivity index (χ0n) is 18.0. The van der Waals surface area contributed by atoms with E-state index in [1.165, 1.54) is 6.33 Å². The summed E-state index contributed by atoms with van der Waals surface area (Å²) in [5.74, 6) is 0.807. The van der Waals surface area contributed by atoms with Gasteiger partial charge in [0.25, 0.3) is 0 Å². The molecule has 0 spiro atoms. The zero-order valence-corrected chi connectivity index (χ0v) is 18.8. The number of rotatable bonds is 8. The van der Waals surface area contributed by atoms with Crippen LogP contribution < -0.4 is 10.1 Å². The lowest BCUT2D eigenvalue weighted by Crippen LogP contribution is -2.30. The van der Waals surface area contributed by atoms with E-state index in [1.807, 2.05) is 55.5 Å². The van der Waals surface area contributed by atoms with Crippen LogP contribution in [-0.4, -0.2) is 27.3 Å². The van der Waals surface area contributed by atoms with Crippen LogP contribution in [0.3, 0.4) is 0 Å². The van der Waals surface area contributed by atoms with Gasteiger partial charge in [-0.1, -0.05) is 61.3 Å². The standard InChI is InChI=1S/C24H25ClN4O3/c1-3-4-13-31-23(30)21-16(2)28-24-26-15-27-29(24)22(21)18-10-6-8-12-20(18)32-14-17-9-5-7-11-19(17)25/h5-12,15,22H,3-4,13-14H2,1-2H3,(H,26,27,28). The highest BCUT2D eigenvalue weighted by Crippen LogP contribution is 2.39. The summed E-state index contributed by atoms with van der Waals surface area (Å²) >= 11 is 6.30. The number of esters is 1. The number of carbonyl (C=O) groups is 1. The van der Waals surface area contributed by atoms with Crippen molar-refractivity contribution in [3.63, 3.8) is 0 Å². The summed E-state index contributed by atoms with van der Waals surface area (Å²) in [5.41, 5.74) is 2.82. The molecule has 166 valence electrons. The average Bonchev–Trinajstić information content (AvgIpc) is 3.26. The fourth-order valence-corrected chi connectivity index (χ4v) is 3.83. The molecule has 1 aliphatic heterocycles. The van der Waals surface area contributed by atoms with Crippen LogP contribution in [0.4, 0.5) is 5.95 Å². The van der Waals surface area contributed by atoms with Crippen LogP contribution in [0.5, 0.6) is 5.75 Å². The van der Waals surface area contributed by atoms with Gasteiger partial charge in [-0.25, -0.2) is 9.48 Å². The number of aromatic nitrogens is 3. The second-order valence-electron chi connectivity index (χ2n) is 7.50. The molecule has 4 rings (SSSR count). The molecule has 0 aliphatic carbocycles. The molecule has 8 heteroatoms. The molecule has 2 aromatic carbocycles. The summed E-state index contributed by atoms with van der Waals surface area (Å²) in [5, 5.41) is 8.17. The van der Waals surface area contributed by atoms with E-state index in [4.69, 9.17) is 21.1 Å². The van der Waals surface area contributed by atoms with Gasteiger partial charge in [0, 0.05) is 21.8 Å². The van der Waals surface area contributed by atoms with Crippen molar-refractivity contribution in [2.75, 3.05) is 11.9 Å². The Morgan fingerprint density at radius 1 is 1.19 bits per heavy atom. The first-order chi connectivity index (χ1) is 15.6. The van der Waals surface area contributed by atoms with Crippen LogP contribution in [0.25, 0.3) is 0 Å². The minimum Gasteiger partial charge on any atom is -0.488 e. The molecule has 2 heterocycles. The van der Waals surface area contributed by atoms with Crippen LogP contribution in [0.2, 0.25) is 5.02 Å². The minimum atomic E-state index is -0.537. The van der Waals surface area contributed by atoms with Crippen LogP contribution >= 0.6 is 11.6 Å². The molecule has 0 radical (unpaired) electrons. The van der Waals surface area contributed by atoms with Gasteiger partial charge < -0.3 is 14.8 Å². The molecule has 32 heavy (non-hydrogen) atoms. The fourth-order valence-electron chi connectivity index (χ4n) is 3.64. The Balaban J connectivity index is 1.70. The summed E-state index contributed by atoms with van der Waals surface area (Å²) in [6.07, 6.45) is 3.21. The van der Waals surface area contributed by atoms with E-state index in [0.717, 1.165) is 24.0 Å². The Hall–Kier alpha value is -3.32. The number of anilines is 1. The van der Waals surface area contributed by atoms with E-state index in [1.54, 1.807) is 4.68 Å². The summed E-state index contributed by atoms with van der Waals surface area (Å²) in [6, 6.07) is 14.6. The molecule has 0 bridgehead atoms. The van der Waals surface area contributed by atoms with Gasteiger partial charge in [0.1, 0.15) is 24.7 Å². The number of fused-ring (bicyclic) bond motifs is 1. The quantitative estimate of drug-likeness (QED) is 0.376. The molecule has 3 aromatic rings. The second kappa shape index (κ2) is 9.87. The first-order valence-corrected chi connectivity index (χ1v) is 11.0. The molecule has 0 fully saturated rings. The van der Waals surface area contributed by atoms with Crippen LogP contribution in [0.15, 0.2) is 66.1 Å². The number of hydrogen-bond acceptors (Lipinski definition) is 6. The number of halogens is 1. The van der Waals surface area contributed by atoms with Crippen molar-refractivity contribution in [1.29, 1.82) is 0 Å². The number of unbranched alkanes of at least 4 members (excludes halogenated alkanes) is 1. The number of para-hydroxylation sites is 1. The molecule has 0 saturated carbocycles. The van der Waals surface area contributed by atoms with Crippen molar-refractivity contribution in [2.45, 2.75) is 39.3 Å². The van der Waals surface area contributed by atoms with E-state index >= 15 is 0 Å². The van der Waals surface area contributed by atoms with Crippen LogP contribution in [-0.2, 0) is 16.1 Å². The number of hydrogen-bond donors (Lipinski definition) is 1. The lowest BCUT2D eigenvalue weighted by Gasteiger charge is -2.29. The Kier molecular flexibility index (Phi) is 6.75. The number of allylic oxidation sites excluding steroid dienone is 1. The van der Waals surface area contributed by atoms with E-state index in [-0.39, 0.29) is 5.97 Å².